The summed E-state index contributed by atoms with van der Waals surface area (Å²) in [6.07, 6.45) is 4.61. The van der Waals surface area contributed by atoms with E-state index in [9.17, 15) is 23.2 Å². The summed E-state index contributed by atoms with van der Waals surface area (Å²) >= 11 is 6.31. The highest BCUT2D eigenvalue weighted by molar-refractivity contribution is 6.31. The molecule has 0 aliphatic carbocycles. The monoisotopic (exact) mass is 587 g/mol. The zero-order chi connectivity index (χ0) is 30.5. The largest absolute Gasteiger partial charge is 0.485 e. The predicted octanol–water partition coefficient (Wildman–Crippen LogP) is 4.14. The van der Waals surface area contributed by atoms with Crippen molar-refractivity contribution in [2.45, 2.75) is 46.8 Å². The molecule has 10 nitrogen and oxygen atoms in total. The van der Waals surface area contributed by atoms with Gasteiger partial charge in [-0.1, -0.05) is 11.6 Å². The second-order valence-corrected chi connectivity index (χ2v) is 9.79. The molecular formula is C28H28ClF2N5O5. The van der Waals surface area contributed by atoms with Gasteiger partial charge in [0.15, 0.2) is 5.82 Å². The fraction of sp³-hybridized carbons (Fsp3) is 0.286. The zero-order valence-electron chi connectivity index (χ0n) is 23.0. The topological polar surface area (TPSA) is 136 Å². The minimum absolute atomic E-state index is 0.0182. The smallest absolute Gasteiger partial charge is 0.331 e. The van der Waals surface area contributed by atoms with Gasteiger partial charge < -0.3 is 14.8 Å². The molecule has 216 valence electrons. The van der Waals surface area contributed by atoms with Crippen molar-refractivity contribution < 1.29 is 27.8 Å². The molecule has 41 heavy (non-hydrogen) atoms. The normalized spacial score (nSPS) is 11.4. The minimum atomic E-state index is -1.27. The maximum absolute atomic E-state index is 13.9. The summed E-state index contributed by atoms with van der Waals surface area (Å²) in [4.78, 5) is 45.5. The Labute approximate surface area is 239 Å². The number of aromatic nitrogens is 3. The Morgan fingerprint density at radius 3 is 2.51 bits per heavy atom. The first-order chi connectivity index (χ1) is 19.2. The first kappa shape index (κ1) is 31.1. The molecule has 3 aromatic heterocycles. The van der Waals surface area contributed by atoms with Crippen LogP contribution in [-0.4, -0.2) is 44.3 Å². The van der Waals surface area contributed by atoms with E-state index in [2.05, 4.69) is 15.3 Å². The SMILES string of the molecule is CCOC(=O)C(C)(C)NC(=O)/C=C\C(=N)c1cc(-n2c(C)cc(OCc3ncc(F)cc3F)c(Cl)c2=O)c(C)cn1. The van der Waals surface area contributed by atoms with Crippen molar-refractivity contribution in [3.05, 3.63) is 92.4 Å². The van der Waals surface area contributed by atoms with Gasteiger partial charge in [0, 0.05) is 30.1 Å². The van der Waals surface area contributed by atoms with Crippen molar-refractivity contribution >= 4 is 29.2 Å². The molecule has 0 radical (unpaired) electrons. The summed E-state index contributed by atoms with van der Waals surface area (Å²) in [7, 11) is 0. The quantitative estimate of drug-likeness (QED) is 0.207. The maximum Gasteiger partial charge on any atom is 0.331 e. The number of aryl methyl sites for hydroxylation is 2. The third-order valence-corrected chi connectivity index (χ3v) is 6.11. The average Bonchev–Trinajstić information content (AvgIpc) is 2.90. The van der Waals surface area contributed by atoms with E-state index in [1.165, 1.54) is 42.8 Å². The van der Waals surface area contributed by atoms with Gasteiger partial charge in [0.1, 0.15) is 34.4 Å². The van der Waals surface area contributed by atoms with E-state index in [1.54, 1.807) is 20.8 Å². The summed E-state index contributed by atoms with van der Waals surface area (Å²) < 4.78 is 38.8. The number of carbonyl (C=O) groups is 2. The summed E-state index contributed by atoms with van der Waals surface area (Å²) in [6.45, 7) is 7.76. The van der Waals surface area contributed by atoms with Crippen LogP contribution in [-0.2, 0) is 20.9 Å². The number of nitrogens with zero attached hydrogens (tertiary/aromatic N) is 3. The highest BCUT2D eigenvalue weighted by Crippen LogP contribution is 2.26. The summed E-state index contributed by atoms with van der Waals surface area (Å²) in [5, 5.41) is 10.6. The summed E-state index contributed by atoms with van der Waals surface area (Å²) in [5.41, 5.74) is -0.687. The van der Waals surface area contributed by atoms with Crippen LogP contribution in [0.1, 0.15) is 43.4 Å². The number of pyridine rings is 3. The fourth-order valence-electron chi connectivity index (χ4n) is 3.64. The lowest BCUT2D eigenvalue weighted by molar-refractivity contribution is -0.151. The van der Waals surface area contributed by atoms with Gasteiger partial charge in [-0.25, -0.2) is 13.6 Å². The number of amides is 1. The molecule has 3 aromatic rings. The molecule has 0 atom stereocenters. The maximum atomic E-state index is 13.9. The fourth-order valence-corrected chi connectivity index (χ4v) is 3.83. The molecule has 0 aromatic carbocycles. The number of ether oxygens (including phenoxy) is 2. The van der Waals surface area contributed by atoms with E-state index in [4.69, 9.17) is 26.5 Å². The molecular weight excluding hydrogens is 560 g/mol. The summed E-state index contributed by atoms with van der Waals surface area (Å²) in [5.74, 6) is -2.97. The number of allylic oxidation sites excluding steroid dienone is 1. The van der Waals surface area contributed by atoms with E-state index in [0.29, 0.717) is 23.0 Å². The van der Waals surface area contributed by atoms with E-state index in [1.807, 2.05) is 0 Å². The van der Waals surface area contributed by atoms with Crippen LogP contribution in [0.4, 0.5) is 8.78 Å². The Morgan fingerprint density at radius 1 is 1.15 bits per heavy atom. The average molecular weight is 588 g/mol. The molecule has 0 saturated carbocycles. The van der Waals surface area contributed by atoms with Gasteiger partial charge in [-0.3, -0.25) is 29.5 Å². The van der Waals surface area contributed by atoms with Crippen LogP contribution < -0.4 is 15.6 Å². The second kappa shape index (κ2) is 12.8. The third kappa shape index (κ3) is 7.40. The second-order valence-electron chi connectivity index (χ2n) is 9.41. The molecule has 0 spiro atoms. The van der Waals surface area contributed by atoms with Gasteiger partial charge in [-0.15, -0.1) is 0 Å². The van der Waals surface area contributed by atoms with Gasteiger partial charge >= 0.3 is 5.97 Å². The van der Waals surface area contributed by atoms with Gasteiger partial charge in [0.25, 0.3) is 5.56 Å². The Morgan fingerprint density at radius 2 is 1.85 bits per heavy atom. The Balaban J connectivity index is 1.84. The van der Waals surface area contributed by atoms with Crippen LogP contribution in [0.15, 0.2) is 47.5 Å². The highest BCUT2D eigenvalue weighted by atomic mass is 35.5. The molecule has 0 saturated heterocycles. The number of esters is 1. The molecule has 3 rings (SSSR count). The zero-order valence-corrected chi connectivity index (χ0v) is 23.7. The van der Waals surface area contributed by atoms with Crippen molar-refractivity contribution in [3.8, 4) is 11.4 Å². The van der Waals surface area contributed by atoms with Crippen LogP contribution in [0.3, 0.4) is 0 Å². The lowest BCUT2D eigenvalue weighted by atomic mass is 10.1. The van der Waals surface area contributed by atoms with Crippen LogP contribution in [0.5, 0.6) is 5.75 Å². The van der Waals surface area contributed by atoms with Crippen molar-refractivity contribution in [1.82, 2.24) is 19.9 Å². The number of halogens is 3. The van der Waals surface area contributed by atoms with Crippen LogP contribution >= 0.6 is 11.6 Å². The van der Waals surface area contributed by atoms with E-state index < -0.39 is 34.6 Å². The van der Waals surface area contributed by atoms with Crippen LogP contribution in [0, 0.1) is 30.9 Å². The number of hydrogen-bond acceptors (Lipinski definition) is 8. The van der Waals surface area contributed by atoms with Gasteiger partial charge in [0.2, 0.25) is 5.91 Å². The molecule has 0 bridgehead atoms. The van der Waals surface area contributed by atoms with E-state index >= 15 is 0 Å². The Hall–Kier alpha value is -4.45. The Bertz CT molecular complexity index is 1600. The summed E-state index contributed by atoms with van der Waals surface area (Å²) in [6, 6.07) is 3.64. The minimum Gasteiger partial charge on any atom is -0.485 e. The van der Waals surface area contributed by atoms with E-state index in [-0.39, 0.29) is 41.1 Å². The number of hydrogen-bond donors (Lipinski definition) is 2. The lowest BCUT2D eigenvalue weighted by Gasteiger charge is -2.22. The highest BCUT2D eigenvalue weighted by Gasteiger charge is 2.30. The first-order valence-corrected chi connectivity index (χ1v) is 12.7. The molecule has 3 heterocycles. The molecule has 2 N–H and O–H groups in total. The van der Waals surface area contributed by atoms with Gasteiger partial charge in [-0.2, -0.15) is 0 Å². The molecule has 1 amide bonds. The Kier molecular flexibility index (Phi) is 9.71. The van der Waals surface area contributed by atoms with Crippen molar-refractivity contribution in [2.75, 3.05) is 6.61 Å². The molecule has 0 aliphatic rings. The molecule has 0 unspecified atom stereocenters. The van der Waals surface area contributed by atoms with Gasteiger partial charge in [-0.05, 0) is 52.3 Å². The molecule has 0 aliphatic heterocycles. The number of rotatable bonds is 10. The lowest BCUT2D eigenvalue weighted by Crippen LogP contribution is -2.50. The van der Waals surface area contributed by atoms with Crippen LogP contribution in [0.25, 0.3) is 5.69 Å². The van der Waals surface area contributed by atoms with Crippen molar-refractivity contribution in [3.63, 3.8) is 0 Å². The van der Waals surface area contributed by atoms with Crippen molar-refractivity contribution in [1.29, 1.82) is 5.41 Å². The predicted molar refractivity (Wildman–Crippen MR) is 148 cm³/mol. The van der Waals surface area contributed by atoms with Gasteiger partial charge in [0.05, 0.1) is 29.9 Å². The number of nitrogens with one attached hydrogen (secondary N) is 2. The third-order valence-electron chi connectivity index (χ3n) is 5.76. The van der Waals surface area contributed by atoms with Crippen LogP contribution in [0.2, 0.25) is 5.02 Å². The number of carbonyl (C=O) groups excluding carboxylic acids is 2. The van der Waals surface area contributed by atoms with Crippen molar-refractivity contribution in [2.24, 2.45) is 0 Å². The van der Waals surface area contributed by atoms with E-state index in [0.717, 1.165) is 12.3 Å². The standard InChI is InChI=1S/C28H28ClF2N5O5/c1-6-40-27(39)28(4,5)35-24(37)8-7-19(32)20-11-22(15(2)12-33-20)36-16(3)9-23(25(29)26(36)38)41-14-21-18(31)10-17(30)13-34-21/h7-13,32H,6,14H2,1-5H3,(H,35,37)/b8-7-,32-19?. The molecule has 13 heteroatoms. The first-order valence-electron chi connectivity index (χ1n) is 12.3. The molecule has 0 fully saturated rings.